The van der Waals surface area contributed by atoms with Crippen molar-refractivity contribution in [3.8, 4) is 11.6 Å². The van der Waals surface area contributed by atoms with Crippen molar-refractivity contribution in [1.29, 1.82) is 0 Å². The minimum atomic E-state index is -0.303. The molecule has 1 N–H and O–H groups in total. The normalized spacial score (nSPS) is 13.0. The zero-order valence-corrected chi connectivity index (χ0v) is 23.4. The third-order valence-electron chi connectivity index (χ3n) is 7.10. The molecule has 0 radical (unpaired) electrons. The van der Waals surface area contributed by atoms with Crippen LogP contribution in [0.3, 0.4) is 0 Å². The van der Waals surface area contributed by atoms with Crippen LogP contribution in [0.2, 0.25) is 0 Å². The molecule has 1 amide bonds. The van der Waals surface area contributed by atoms with Gasteiger partial charge in [-0.25, -0.2) is 19.3 Å². The van der Waals surface area contributed by atoms with E-state index >= 15 is 0 Å². The van der Waals surface area contributed by atoms with Crippen LogP contribution in [-0.2, 0) is 11.2 Å². The number of imidazole rings is 1. The van der Waals surface area contributed by atoms with E-state index in [-0.39, 0.29) is 17.6 Å². The minimum absolute atomic E-state index is 0.0922. The fourth-order valence-corrected chi connectivity index (χ4v) is 4.86. The number of hydrogen-bond acceptors (Lipinski definition) is 7. The Kier molecular flexibility index (Phi) is 7.70. The van der Waals surface area contributed by atoms with Gasteiger partial charge in [-0.2, -0.15) is 0 Å². The lowest BCUT2D eigenvalue weighted by Gasteiger charge is -2.25. The smallest absolute Gasteiger partial charge is 0.335 e. The Hall–Kier alpha value is -4.44. The van der Waals surface area contributed by atoms with Crippen LogP contribution < -0.4 is 20.6 Å². The molecule has 208 valence electrons. The number of methoxy groups -OCH3 is 1. The molecule has 0 atom stereocenters. The summed E-state index contributed by atoms with van der Waals surface area (Å²) in [6, 6.07) is 13.6. The number of amides is 1. The molecule has 1 aliphatic carbocycles. The van der Waals surface area contributed by atoms with Crippen molar-refractivity contribution >= 4 is 28.3 Å². The van der Waals surface area contributed by atoms with Gasteiger partial charge in [0.05, 0.1) is 29.5 Å². The summed E-state index contributed by atoms with van der Waals surface area (Å²) >= 11 is 0. The van der Waals surface area contributed by atoms with E-state index in [0.29, 0.717) is 29.5 Å². The van der Waals surface area contributed by atoms with Gasteiger partial charge in [0.1, 0.15) is 17.4 Å². The molecule has 1 aliphatic rings. The van der Waals surface area contributed by atoms with Gasteiger partial charge >= 0.3 is 5.69 Å². The van der Waals surface area contributed by atoms with Crippen LogP contribution in [0, 0.1) is 0 Å². The summed E-state index contributed by atoms with van der Waals surface area (Å²) in [4.78, 5) is 39.3. The summed E-state index contributed by atoms with van der Waals surface area (Å²) in [7, 11) is 7.63. The van der Waals surface area contributed by atoms with Gasteiger partial charge in [-0.1, -0.05) is 18.7 Å². The fraction of sp³-hybridized carbons (Fsp3) is 0.333. The number of carbonyl (C=O) groups is 1. The standard InChI is InChI=1S/C30H35N7O3/c1-6-29(38)32-22-17-20(26(40-5)19-25(22)35(4)16-15-34(2)3)18-27-31-14-13-28(33-27)37-24-10-8-7-9-23(24)36(30(37)39)21-11-12-21/h6-10,13-14,17,19,21H,1,11-12,15-16,18H2,2-5H3,(H,32,38). The Labute approximate surface area is 233 Å². The average molecular weight is 542 g/mol. The number of likely N-dealkylation sites (N-methyl/N-ethyl adjacent to an activating group) is 2. The molecule has 0 unspecified atom stereocenters. The zero-order chi connectivity index (χ0) is 28.4. The number of hydrogen-bond donors (Lipinski definition) is 1. The summed E-state index contributed by atoms with van der Waals surface area (Å²) in [6.45, 7) is 5.18. The van der Waals surface area contributed by atoms with Crippen LogP contribution in [0.5, 0.6) is 5.75 Å². The van der Waals surface area contributed by atoms with Crippen molar-refractivity contribution in [2.45, 2.75) is 25.3 Å². The molecule has 10 heteroatoms. The SMILES string of the molecule is C=CC(=O)Nc1cc(Cc2nccc(-n3c(=O)n(C4CC4)c4ccccc43)n2)c(OC)cc1N(C)CCN(C)C. The first kappa shape index (κ1) is 27.1. The number of rotatable bonds is 11. The molecule has 40 heavy (non-hydrogen) atoms. The van der Waals surface area contributed by atoms with Crippen LogP contribution in [0.25, 0.3) is 16.9 Å². The Bertz CT molecular complexity index is 1620. The van der Waals surface area contributed by atoms with Gasteiger partial charge in [-0.05, 0) is 57.3 Å². The highest BCUT2D eigenvalue weighted by Crippen LogP contribution is 2.37. The predicted octanol–water partition coefficient (Wildman–Crippen LogP) is 3.64. The van der Waals surface area contributed by atoms with Gasteiger partial charge in [0.15, 0.2) is 0 Å². The number of nitrogens with zero attached hydrogens (tertiary/aromatic N) is 6. The van der Waals surface area contributed by atoms with E-state index in [1.807, 2.05) is 62.1 Å². The molecular weight excluding hydrogens is 506 g/mol. The van der Waals surface area contributed by atoms with Gasteiger partial charge in [0.2, 0.25) is 5.91 Å². The Morgan fingerprint density at radius 3 is 2.58 bits per heavy atom. The van der Waals surface area contributed by atoms with Crippen LogP contribution in [0.15, 0.2) is 66.1 Å². The Balaban J connectivity index is 1.53. The van der Waals surface area contributed by atoms with Crippen molar-refractivity contribution in [3.05, 3.63) is 83.2 Å². The quantitative estimate of drug-likeness (QED) is 0.290. The maximum atomic E-state index is 13.5. The molecule has 2 heterocycles. The van der Waals surface area contributed by atoms with E-state index in [1.165, 1.54) is 6.08 Å². The summed E-state index contributed by atoms with van der Waals surface area (Å²) in [5.41, 5.74) is 3.91. The van der Waals surface area contributed by atoms with Gasteiger partial charge < -0.3 is 19.9 Å². The van der Waals surface area contributed by atoms with Crippen molar-refractivity contribution in [2.24, 2.45) is 0 Å². The molecule has 0 aliphatic heterocycles. The predicted molar refractivity (Wildman–Crippen MR) is 158 cm³/mol. The lowest BCUT2D eigenvalue weighted by atomic mass is 10.1. The van der Waals surface area contributed by atoms with Crippen molar-refractivity contribution in [2.75, 3.05) is 51.6 Å². The van der Waals surface area contributed by atoms with Gasteiger partial charge in [-0.3, -0.25) is 9.36 Å². The highest BCUT2D eigenvalue weighted by atomic mass is 16.5. The Morgan fingerprint density at radius 1 is 1.15 bits per heavy atom. The van der Waals surface area contributed by atoms with E-state index in [4.69, 9.17) is 9.72 Å². The molecule has 0 spiro atoms. The third kappa shape index (κ3) is 5.48. The number of aromatic nitrogens is 4. The highest BCUT2D eigenvalue weighted by Gasteiger charge is 2.29. The molecule has 4 aromatic rings. The van der Waals surface area contributed by atoms with Crippen molar-refractivity contribution in [1.82, 2.24) is 24.0 Å². The molecule has 2 aromatic carbocycles. The number of fused-ring (bicyclic) bond motifs is 1. The van der Waals surface area contributed by atoms with E-state index in [0.717, 1.165) is 48.2 Å². The molecule has 0 saturated heterocycles. The fourth-order valence-electron chi connectivity index (χ4n) is 4.86. The minimum Gasteiger partial charge on any atom is -0.496 e. The average Bonchev–Trinajstić information content (AvgIpc) is 3.73. The molecule has 1 fully saturated rings. The summed E-state index contributed by atoms with van der Waals surface area (Å²) in [5, 5.41) is 2.93. The van der Waals surface area contributed by atoms with E-state index in [9.17, 15) is 9.59 Å². The van der Waals surface area contributed by atoms with E-state index < -0.39 is 0 Å². The number of benzene rings is 2. The highest BCUT2D eigenvalue weighted by molar-refractivity contribution is 6.01. The van der Waals surface area contributed by atoms with Crippen LogP contribution >= 0.6 is 0 Å². The first-order valence-electron chi connectivity index (χ1n) is 13.3. The summed E-state index contributed by atoms with van der Waals surface area (Å²) in [5.74, 6) is 1.40. The maximum Gasteiger partial charge on any atom is 0.335 e. The number of anilines is 2. The second-order valence-electron chi connectivity index (χ2n) is 10.3. The molecule has 1 saturated carbocycles. The molecular formula is C30H35N7O3. The number of para-hydroxylation sites is 2. The summed E-state index contributed by atoms with van der Waals surface area (Å²) < 4.78 is 9.30. The van der Waals surface area contributed by atoms with Crippen molar-refractivity contribution < 1.29 is 9.53 Å². The first-order valence-corrected chi connectivity index (χ1v) is 13.3. The van der Waals surface area contributed by atoms with E-state index in [2.05, 4.69) is 26.7 Å². The topological polar surface area (TPSA) is 97.5 Å². The lowest BCUT2D eigenvalue weighted by molar-refractivity contribution is -0.111. The largest absolute Gasteiger partial charge is 0.496 e. The monoisotopic (exact) mass is 541 g/mol. The van der Waals surface area contributed by atoms with Gasteiger partial charge in [0.25, 0.3) is 0 Å². The second-order valence-corrected chi connectivity index (χ2v) is 10.3. The first-order chi connectivity index (χ1) is 19.3. The Morgan fingerprint density at radius 2 is 1.90 bits per heavy atom. The zero-order valence-electron chi connectivity index (χ0n) is 23.4. The van der Waals surface area contributed by atoms with Gasteiger partial charge in [-0.15, -0.1) is 0 Å². The van der Waals surface area contributed by atoms with Gasteiger partial charge in [0, 0.05) is 50.4 Å². The number of carbonyl (C=O) groups excluding carboxylic acids is 1. The lowest BCUT2D eigenvalue weighted by Crippen LogP contribution is -2.29. The van der Waals surface area contributed by atoms with Crippen LogP contribution in [0.4, 0.5) is 11.4 Å². The number of ether oxygens (including phenoxy) is 1. The summed E-state index contributed by atoms with van der Waals surface area (Å²) in [6.07, 6.45) is 5.27. The molecule has 10 nitrogen and oxygen atoms in total. The molecule has 5 rings (SSSR count). The van der Waals surface area contributed by atoms with Crippen molar-refractivity contribution in [3.63, 3.8) is 0 Å². The molecule has 2 aromatic heterocycles. The number of nitrogens with one attached hydrogen (secondary N) is 1. The molecule has 0 bridgehead atoms. The van der Waals surface area contributed by atoms with Crippen LogP contribution in [0.1, 0.15) is 30.3 Å². The van der Waals surface area contributed by atoms with E-state index in [1.54, 1.807) is 23.9 Å². The van der Waals surface area contributed by atoms with Crippen LogP contribution in [-0.4, -0.2) is 71.3 Å². The second kappa shape index (κ2) is 11.4. The third-order valence-corrected chi connectivity index (χ3v) is 7.10. The maximum absolute atomic E-state index is 13.5.